The fraction of sp³-hybridized carbons (Fsp3) is 0.385. The van der Waals surface area contributed by atoms with E-state index in [0.29, 0.717) is 18.5 Å². The van der Waals surface area contributed by atoms with Crippen molar-refractivity contribution >= 4 is 23.5 Å². The van der Waals surface area contributed by atoms with Crippen LogP contribution in [0.4, 0.5) is 21.0 Å². The summed E-state index contributed by atoms with van der Waals surface area (Å²) in [6, 6.07) is 15.0. The first kappa shape index (κ1) is 23.2. The van der Waals surface area contributed by atoms with E-state index >= 15 is 0 Å². The number of benzene rings is 2. The molecule has 1 unspecified atom stereocenters. The van der Waals surface area contributed by atoms with Gasteiger partial charge in [0.1, 0.15) is 0 Å². The third kappa shape index (κ3) is 5.61. The van der Waals surface area contributed by atoms with Crippen molar-refractivity contribution in [1.82, 2.24) is 4.90 Å². The lowest BCUT2D eigenvalue weighted by Gasteiger charge is -2.33. The lowest BCUT2D eigenvalue weighted by Crippen LogP contribution is -2.49. The van der Waals surface area contributed by atoms with E-state index in [9.17, 15) is 9.59 Å². The van der Waals surface area contributed by atoms with Gasteiger partial charge in [-0.2, -0.15) is 0 Å². The van der Waals surface area contributed by atoms with Gasteiger partial charge in [0, 0.05) is 30.5 Å². The molecule has 6 heteroatoms. The summed E-state index contributed by atoms with van der Waals surface area (Å²) in [7, 11) is 0. The second-order valence-corrected chi connectivity index (χ2v) is 7.67. The lowest BCUT2D eigenvalue weighted by atomic mass is 9.88. The minimum Gasteiger partial charge on any atom is -0.436 e. The summed E-state index contributed by atoms with van der Waals surface area (Å²) in [6.07, 6.45) is 1.44. The Labute approximate surface area is 190 Å². The standard InChI is InChI=1S/C26H31N3O3/c1-4-7-18-32-26(31)29(24-15-12-20-10-8-9-11-21(20)19-24)25(30)27-22-13-16-23(17-14-22)28(5-2)6-3/h8-11,13-14,16-17,24H,5-6,12,15,18-19H2,1-3H3,(H,27,30). The highest BCUT2D eigenvalue weighted by Crippen LogP contribution is 2.26. The number of rotatable bonds is 6. The van der Waals surface area contributed by atoms with Crippen LogP contribution in [-0.4, -0.2) is 42.8 Å². The van der Waals surface area contributed by atoms with Gasteiger partial charge in [-0.1, -0.05) is 30.2 Å². The zero-order valence-corrected chi connectivity index (χ0v) is 19.1. The number of hydrogen-bond acceptors (Lipinski definition) is 4. The van der Waals surface area contributed by atoms with Gasteiger partial charge >= 0.3 is 12.1 Å². The maximum absolute atomic E-state index is 13.2. The Morgan fingerprint density at radius 1 is 1.06 bits per heavy atom. The molecule has 0 saturated heterocycles. The van der Waals surface area contributed by atoms with E-state index in [1.165, 1.54) is 10.5 Å². The van der Waals surface area contributed by atoms with Gasteiger partial charge < -0.3 is 15.0 Å². The highest BCUT2D eigenvalue weighted by Gasteiger charge is 2.33. The van der Waals surface area contributed by atoms with Crippen LogP contribution in [0.1, 0.15) is 38.3 Å². The molecule has 2 aromatic carbocycles. The Morgan fingerprint density at radius 3 is 2.41 bits per heavy atom. The molecule has 0 aliphatic heterocycles. The van der Waals surface area contributed by atoms with Crippen LogP contribution in [0.15, 0.2) is 48.5 Å². The Bertz CT molecular complexity index is 987. The first-order valence-electron chi connectivity index (χ1n) is 11.2. The molecule has 0 heterocycles. The normalized spacial score (nSPS) is 14.4. The first-order chi connectivity index (χ1) is 15.6. The molecule has 3 amide bonds. The van der Waals surface area contributed by atoms with Crippen molar-refractivity contribution in [3.63, 3.8) is 0 Å². The van der Waals surface area contributed by atoms with E-state index in [2.05, 4.69) is 48.0 Å². The van der Waals surface area contributed by atoms with Crippen LogP contribution in [0.2, 0.25) is 0 Å². The average molecular weight is 434 g/mol. The quantitative estimate of drug-likeness (QED) is 0.645. The molecule has 0 aromatic heterocycles. The summed E-state index contributed by atoms with van der Waals surface area (Å²) in [5.74, 6) is 5.41. The summed E-state index contributed by atoms with van der Waals surface area (Å²) in [4.78, 5) is 29.5. The molecule has 0 radical (unpaired) electrons. The summed E-state index contributed by atoms with van der Waals surface area (Å²) in [5, 5.41) is 2.87. The molecule has 32 heavy (non-hydrogen) atoms. The Balaban J connectivity index is 1.77. The molecular formula is C26H31N3O3. The minimum atomic E-state index is -0.672. The molecule has 1 N–H and O–H groups in total. The number of anilines is 2. The van der Waals surface area contributed by atoms with Crippen molar-refractivity contribution in [2.45, 2.75) is 46.1 Å². The minimum absolute atomic E-state index is 0.0407. The molecule has 0 spiro atoms. The number of urea groups is 1. The van der Waals surface area contributed by atoms with Crippen molar-refractivity contribution in [1.29, 1.82) is 0 Å². The Kier molecular flexibility index (Phi) is 8.15. The molecule has 1 atom stereocenters. The van der Waals surface area contributed by atoms with Gasteiger partial charge in [-0.05, 0) is 75.4 Å². The third-order valence-corrected chi connectivity index (χ3v) is 5.79. The van der Waals surface area contributed by atoms with Crippen LogP contribution in [-0.2, 0) is 17.6 Å². The molecule has 3 rings (SSSR count). The number of hydrogen-bond donors (Lipinski definition) is 1. The van der Waals surface area contributed by atoms with Crippen LogP contribution in [0.3, 0.4) is 0 Å². The van der Waals surface area contributed by atoms with Crippen molar-refractivity contribution in [2.75, 3.05) is 29.9 Å². The second-order valence-electron chi connectivity index (χ2n) is 7.67. The number of ether oxygens (including phenoxy) is 1. The smallest absolute Gasteiger partial charge is 0.419 e. The SMILES string of the molecule is CC#CCOC(=O)N(C(=O)Nc1ccc(N(CC)CC)cc1)C1CCc2ccccc2C1. The molecule has 168 valence electrons. The molecule has 6 nitrogen and oxygen atoms in total. The second kappa shape index (κ2) is 11.2. The zero-order chi connectivity index (χ0) is 22.9. The molecule has 0 bridgehead atoms. The van der Waals surface area contributed by atoms with Crippen molar-refractivity contribution in [2.24, 2.45) is 0 Å². The van der Waals surface area contributed by atoms with Crippen LogP contribution in [0.25, 0.3) is 0 Å². The van der Waals surface area contributed by atoms with Crippen molar-refractivity contribution in [3.8, 4) is 11.8 Å². The maximum Gasteiger partial charge on any atom is 0.419 e. The van der Waals surface area contributed by atoms with Crippen LogP contribution >= 0.6 is 0 Å². The van der Waals surface area contributed by atoms with E-state index in [1.54, 1.807) is 6.92 Å². The highest BCUT2D eigenvalue weighted by molar-refractivity contribution is 5.99. The number of nitrogens with one attached hydrogen (secondary N) is 1. The third-order valence-electron chi connectivity index (χ3n) is 5.79. The zero-order valence-electron chi connectivity index (χ0n) is 19.1. The van der Waals surface area contributed by atoms with E-state index in [1.807, 2.05) is 36.4 Å². The van der Waals surface area contributed by atoms with E-state index < -0.39 is 12.1 Å². The van der Waals surface area contributed by atoms with Gasteiger partial charge in [-0.15, -0.1) is 5.92 Å². The Morgan fingerprint density at radius 2 is 1.75 bits per heavy atom. The molecular weight excluding hydrogens is 402 g/mol. The average Bonchev–Trinajstić information content (AvgIpc) is 2.81. The summed E-state index contributed by atoms with van der Waals surface area (Å²) in [6.45, 7) is 7.67. The predicted octanol–water partition coefficient (Wildman–Crippen LogP) is 5.08. The molecule has 1 aliphatic rings. The number of aryl methyl sites for hydroxylation is 1. The highest BCUT2D eigenvalue weighted by atomic mass is 16.6. The maximum atomic E-state index is 13.2. The van der Waals surface area contributed by atoms with Gasteiger partial charge in [-0.3, -0.25) is 0 Å². The summed E-state index contributed by atoms with van der Waals surface area (Å²) < 4.78 is 5.27. The predicted molar refractivity (Wildman–Crippen MR) is 128 cm³/mol. The van der Waals surface area contributed by atoms with Crippen molar-refractivity contribution in [3.05, 3.63) is 59.7 Å². The van der Waals surface area contributed by atoms with Crippen LogP contribution in [0.5, 0.6) is 0 Å². The van der Waals surface area contributed by atoms with Gasteiger partial charge in [0.05, 0.1) is 0 Å². The fourth-order valence-corrected chi connectivity index (χ4v) is 4.06. The van der Waals surface area contributed by atoms with Gasteiger partial charge in [0.15, 0.2) is 6.61 Å². The first-order valence-corrected chi connectivity index (χ1v) is 11.2. The van der Waals surface area contributed by atoms with Gasteiger partial charge in [-0.25, -0.2) is 14.5 Å². The van der Waals surface area contributed by atoms with E-state index in [0.717, 1.165) is 30.8 Å². The van der Waals surface area contributed by atoms with E-state index in [4.69, 9.17) is 4.74 Å². The van der Waals surface area contributed by atoms with Gasteiger partial charge in [0.25, 0.3) is 0 Å². The molecule has 0 fully saturated rings. The monoisotopic (exact) mass is 433 g/mol. The van der Waals surface area contributed by atoms with Crippen LogP contribution < -0.4 is 10.2 Å². The molecule has 0 saturated carbocycles. The lowest BCUT2D eigenvalue weighted by molar-refractivity contribution is 0.107. The summed E-state index contributed by atoms with van der Waals surface area (Å²) >= 11 is 0. The molecule has 1 aliphatic carbocycles. The van der Waals surface area contributed by atoms with Crippen LogP contribution in [0, 0.1) is 11.8 Å². The number of imide groups is 1. The number of carbonyl (C=O) groups excluding carboxylic acids is 2. The number of nitrogens with zero attached hydrogens (tertiary/aromatic N) is 2. The topological polar surface area (TPSA) is 61.9 Å². The van der Waals surface area contributed by atoms with Crippen molar-refractivity contribution < 1.29 is 14.3 Å². The fourth-order valence-electron chi connectivity index (χ4n) is 4.06. The number of amides is 3. The largest absolute Gasteiger partial charge is 0.436 e. The molecule has 2 aromatic rings. The van der Waals surface area contributed by atoms with Gasteiger partial charge in [0.2, 0.25) is 0 Å². The number of carbonyl (C=O) groups is 2. The van der Waals surface area contributed by atoms with E-state index in [-0.39, 0.29) is 12.6 Å². The number of fused-ring (bicyclic) bond motifs is 1. The Hall–Kier alpha value is -3.46. The summed E-state index contributed by atoms with van der Waals surface area (Å²) in [5.41, 5.74) is 4.15.